The lowest BCUT2D eigenvalue weighted by atomic mass is 9.97. The summed E-state index contributed by atoms with van der Waals surface area (Å²) in [5.74, 6) is 0.431. The third-order valence-electron chi connectivity index (χ3n) is 4.79. The lowest BCUT2D eigenvalue weighted by Crippen LogP contribution is -2.30. The molecule has 0 saturated heterocycles. The van der Waals surface area contributed by atoms with Crippen LogP contribution in [0.4, 0.5) is 4.39 Å². The highest BCUT2D eigenvalue weighted by molar-refractivity contribution is 7.98. The largest absolute Gasteiger partial charge is 0.349 e. The van der Waals surface area contributed by atoms with Gasteiger partial charge in [-0.05, 0) is 55.5 Å². The molecule has 0 atom stereocenters. The summed E-state index contributed by atoms with van der Waals surface area (Å²) < 4.78 is 14.9. The Balaban J connectivity index is 1.64. The normalized spacial score (nSPS) is 13.4. The average Bonchev–Trinajstić information content (AvgIpc) is 2.71. The van der Waals surface area contributed by atoms with Crippen LogP contribution in [0.5, 0.6) is 0 Å². The van der Waals surface area contributed by atoms with Crippen molar-refractivity contribution in [2.75, 3.05) is 0 Å². The number of pyridine rings is 1. The van der Waals surface area contributed by atoms with E-state index in [9.17, 15) is 9.18 Å². The van der Waals surface area contributed by atoms with Gasteiger partial charge in [0, 0.05) is 23.2 Å². The maximum Gasteiger partial charge on any atom is 0.349 e. The van der Waals surface area contributed by atoms with Crippen molar-refractivity contribution in [2.45, 2.75) is 43.0 Å². The van der Waals surface area contributed by atoms with Crippen LogP contribution in [0.2, 0.25) is 0 Å². The third kappa shape index (κ3) is 4.11. The first-order chi connectivity index (χ1) is 13.2. The molecule has 6 heteroatoms. The topological polar surface area (TPSA) is 47.8 Å². The van der Waals surface area contributed by atoms with Gasteiger partial charge >= 0.3 is 5.69 Å². The molecule has 2 aromatic heterocycles. The van der Waals surface area contributed by atoms with E-state index in [0.717, 1.165) is 47.7 Å². The molecule has 4 rings (SSSR count). The Bertz CT molecular complexity index is 987. The van der Waals surface area contributed by atoms with Gasteiger partial charge in [-0.1, -0.05) is 18.2 Å². The maximum absolute atomic E-state index is 13.1. The minimum Gasteiger partial charge on any atom is -0.290 e. The molecule has 0 N–H and O–H groups in total. The Labute approximate surface area is 161 Å². The van der Waals surface area contributed by atoms with Crippen LogP contribution in [-0.2, 0) is 25.1 Å². The fraction of sp³-hybridized carbons (Fsp3) is 0.286. The molecule has 2 heterocycles. The van der Waals surface area contributed by atoms with Crippen molar-refractivity contribution in [3.05, 3.63) is 87.5 Å². The van der Waals surface area contributed by atoms with Gasteiger partial charge in [0.15, 0.2) is 0 Å². The molecule has 0 bridgehead atoms. The summed E-state index contributed by atoms with van der Waals surface area (Å²) in [5, 5.41) is 0.816. The summed E-state index contributed by atoms with van der Waals surface area (Å²) >= 11 is 1.56. The zero-order chi connectivity index (χ0) is 18.6. The highest BCUT2D eigenvalue weighted by Gasteiger charge is 2.20. The number of nitrogens with zero attached hydrogens (tertiary/aromatic N) is 3. The van der Waals surface area contributed by atoms with Crippen molar-refractivity contribution in [3.63, 3.8) is 0 Å². The van der Waals surface area contributed by atoms with Gasteiger partial charge in [-0.2, -0.15) is 4.98 Å². The van der Waals surface area contributed by atoms with E-state index < -0.39 is 0 Å². The number of hydrogen-bond acceptors (Lipinski definition) is 4. The molecule has 1 aliphatic carbocycles. The van der Waals surface area contributed by atoms with Crippen LogP contribution in [0.1, 0.15) is 35.4 Å². The van der Waals surface area contributed by atoms with Crippen molar-refractivity contribution in [2.24, 2.45) is 0 Å². The average molecular weight is 381 g/mol. The second-order valence-corrected chi connectivity index (χ2v) is 7.62. The standard InChI is InChI=1S/C21H20FN3OS/c22-16-10-8-15(9-11-16)14-27-20-18-6-1-2-7-19(18)25(21(26)24-20)13-17-5-3-4-12-23-17/h3-5,8-12H,1-2,6-7,13-14H2. The lowest BCUT2D eigenvalue weighted by Gasteiger charge is -2.22. The number of rotatable bonds is 5. The molecule has 1 aliphatic rings. The molecule has 27 heavy (non-hydrogen) atoms. The summed E-state index contributed by atoms with van der Waals surface area (Å²) in [6, 6.07) is 12.2. The van der Waals surface area contributed by atoms with Gasteiger partial charge < -0.3 is 0 Å². The van der Waals surface area contributed by atoms with Gasteiger partial charge in [-0.3, -0.25) is 9.55 Å². The predicted molar refractivity (Wildman–Crippen MR) is 104 cm³/mol. The molecule has 0 spiro atoms. The highest BCUT2D eigenvalue weighted by Crippen LogP contribution is 2.30. The van der Waals surface area contributed by atoms with Crippen molar-refractivity contribution in [1.82, 2.24) is 14.5 Å². The van der Waals surface area contributed by atoms with Gasteiger partial charge in [0.25, 0.3) is 0 Å². The summed E-state index contributed by atoms with van der Waals surface area (Å²) in [6.45, 7) is 0.456. The molecule has 0 unspecified atom stereocenters. The number of fused-ring (bicyclic) bond motifs is 1. The number of benzene rings is 1. The van der Waals surface area contributed by atoms with Crippen molar-refractivity contribution in [1.29, 1.82) is 0 Å². The van der Waals surface area contributed by atoms with Crippen molar-refractivity contribution < 1.29 is 4.39 Å². The fourth-order valence-corrected chi connectivity index (χ4v) is 4.45. The first-order valence-electron chi connectivity index (χ1n) is 9.10. The van der Waals surface area contributed by atoms with Gasteiger partial charge in [-0.25, -0.2) is 9.18 Å². The molecule has 138 valence electrons. The molecule has 0 amide bonds. The molecule has 0 fully saturated rings. The van der Waals surface area contributed by atoms with E-state index in [4.69, 9.17) is 0 Å². The van der Waals surface area contributed by atoms with Gasteiger partial charge in [0.1, 0.15) is 10.8 Å². The fourth-order valence-electron chi connectivity index (χ4n) is 3.42. The molecular weight excluding hydrogens is 361 g/mol. The summed E-state index contributed by atoms with van der Waals surface area (Å²) in [6.07, 6.45) is 5.77. The highest BCUT2D eigenvalue weighted by atomic mass is 32.2. The van der Waals surface area contributed by atoms with Crippen LogP contribution in [0.15, 0.2) is 58.5 Å². The molecule has 1 aromatic carbocycles. The SMILES string of the molecule is O=c1nc(SCc2ccc(F)cc2)c2c(n1Cc1ccccn1)CCCC2. The first kappa shape index (κ1) is 17.9. The Kier molecular flexibility index (Phi) is 5.34. The minimum absolute atomic E-state index is 0.220. The van der Waals surface area contributed by atoms with Crippen LogP contribution >= 0.6 is 11.8 Å². The van der Waals surface area contributed by atoms with E-state index >= 15 is 0 Å². The predicted octanol–water partition coefficient (Wildman–Crippen LogP) is 4.00. The van der Waals surface area contributed by atoms with E-state index in [1.54, 1.807) is 34.7 Å². The van der Waals surface area contributed by atoms with E-state index in [-0.39, 0.29) is 11.5 Å². The Morgan fingerprint density at radius 1 is 1.07 bits per heavy atom. The monoisotopic (exact) mass is 381 g/mol. The first-order valence-corrected chi connectivity index (χ1v) is 10.1. The zero-order valence-electron chi connectivity index (χ0n) is 14.9. The second kappa shape index (κ2) is 8.05. The van der Waals surface area contributed by atoms with Crippen molar-refractivity contribution >= 4 is 11.8 Å². The zero-order valence-corrected chi connectivity index (χ0v) is 15.7. The maximum atomic E-state index is 13.1. The number of aromatic nitrogens is 3. The number of hydrogen-bond donors (Lipinski definition) is 0. The Morgan fingerprint density at radius 2 is 1.89 bits per heavy atom. The van der Waals surface area contributed by atoms with Crippen LogP contribution in [0.25, 0.3) is 0 Å². The Hall–Kier alpha value is -2.47. The van der Waals surface area contributed by atoms with Gasteiger partial charge in [-0.15, -0.1) is 11.8 Å². The molecule has 0 radical (unpaired) electrons. The van der Waals surface area contributed by atoms with E-state index in [2.05, 4.69) is 9.97 Å². The number of thioether (sulfide) groups is 1. The third-order valence-corrected chi connectivity index (χ3v) is 5.87. The molecule has 0 saturated carbocycles. The molecular formula is C21H20FN3OS. The van der Waals surface area contributed by atoms with Crippen LogP contribution < -0.4 is 5.69 Å². The van der Waals surface area contributed by atoms with E-state index in [0.29, 0.717) is 12.3 Å². The Morgan fingerprint density at radius 3 is 2.67 bits per heavy atom. The number of halogens is 1. The van der Waals surface area contributed by atoms with E-state index in [1.165, 1.54) is 17.7 Å². The second-order valence-electron chi connectivity index (χ2n) is 6.65. The van der Waals surface area contributed by atoms with Crippen molar-refractivity contribution in [3.8, 4) is 0 Å². The summed E-state index contributed by atoms with van der Waals surface area (Å²) in [7, 11) is 0. The molecule has 3 aromatic rings. The smallest absolute Gasteiger partial charge is 0.290 e. The van der Waals surface area contributed by atoms with Crippen LogP contribution in [0, 0.1) is 5.82 Å². The summed E-state index contributed by atoms with van der Waals surface area (Å²) in [5.41, 5.74) is 3.94. The molecule has 0 aliphatic heterocycles. The molecule has 4 nitrogen and oxygen atoms in total. The minimum atomic E-state index is -0.239. The summed E-state index contributed by atoms with van der Waals surface area (Å²) in [4.78, 5) is 21.5. The van der Waals surface area contributed by atoms with Crippen LogP contribution in [0.3, 0.4) is 0 Å². The van der Waals surface area contributed by atoms with E-state index in [1.807, 2.05) is 18.2 Å². The van der Waals surface area contributed by atoms with Gasteiger partial charge in [0.05, 0.1) is 12.2 Å². The van der Waals surface area contributed by atoms with Gasteiger partial charge in [0.2, 0.25) is 0 Å². The quantitative estimate of drug-likeness (QED) is 0.495. The van der Waals surface area contributed by atoms with Crippen LogP contribution in [-0.4, -0.2) is 14.5 Å². The lowest BCUT2D eigenvalue weighted by molar-refractivity contribution is 0.565.